The first-order valence-electron chi connectivity index (χ1n) is 8.00. The van der Waals surface area contributed by atoms with Crippen LogP contribution >= 0.6 is 0 Å². The van der Waals surface area contributed by atoms with Crippen molar-refractivity contribution in [3.05, 3.63) is 59.3 Å². The molecule has 1 atom stereocenters. The van der Waals surface area contributed by atoms with Crippen LogP contribution in [0.1, 0.15) is 39.3 Å². The van der Waals surface area contributed by atoms with E-state index in [0.717, 1.165) is 19.1 Å². The zero-order chi connectivity index (χ0) is 17.8. The van der Waals surface area contributed by atoms with Crippen molar-refractivity contribution in [1.29, 1.82) is 0 Å². The molecule has 1 N–H and O–H groups in total. The number of nitrogens with zero attached hydrogens (tertiary/aromatic N) is 1. The predicted molar refractivity (Wildman–Crippen MR) is 85.8 cm³/mol. The van der Waals surface area contributed by atoms with E-state index in [-0.39, 0.29) is 29.8 Å². The van der Waals surface area contributed by atoms with Crippen LogP contribution in [0.25, 0.3) is 0 Å². The van der Waals surface area contributed by atoms with Gasteiger partial charge in [-0.2, -0.15) is 0 Å². The maximum Gasteiger partial charge on any atom is 0.338 e. The normalized spacial score (nSPS) is 16.8. The van der Waals surface area contributed by atoms with Crippen LogP contribution in [0.15, 0.2) is 41.0 Å². The highest BCUT2D eigenvalue weighted by molar-refractivity contribution is 5.95. The number of furan rings is 1. The number of carboxylic acids is 1. The molecule has 2 aromatic rings. The first kappa shape index (κ1) is 17.2. The summed E-state index contributed by atoms with van der Waals surface area (Å²) in [4.78, 5) is 25.2. The number of amides is 1. The molecule has 3 rings (SSSR count). The topological polar surface area (TPSA) is 80.0 Å². The van der Waals surface area contributed by atoms with Crippen molar-refractivity contribution >= 4 is 11.9 Å². The van der Waals surface area contributed by atoms with E-state index in [1.54, 1.807) is 12.1 Å². The van der Waals surface area contributed by atoms with Gasteiger partial charge in [0, 0.05) is 25.8 Å². The van der Waals surface area contributed by atoms with Crippen molar-refractivity contribution < 1.29 is 28.2 Å². The molecule has 0 spiro atoms. The molecule has 1 amide bonds. The molecule has 1 aromatic carbocycles. The third kappa shape index (κ3) is 4.24. The van der Waals surface area contributed by atoms with Gasteiger partial charge in [0.1, 0.15) is 12.1 Å². The molecule has 25 heavy (non-hydrogen) atoms. The molecule has 2 heterocycles. The Balaban J connectivity index is 1.80. The summed E-state index contributed by atoms with van der Waals surface area (Å²) >= 11 is 0. The molecule has 0 radical (unpaired) electrons. The fourth-order valence-electron chi connectivity index (χ4n) is 2.83. The molecular weight excluding hydrogens is 329 g/mol. The Morgan fingerprint density at radius 1 is 1.32 bits per heavy atom. The quantitative estimate of drug-likeness (QED) is 0.869. The third-order valence-electron chi connectivity index (χ3n) is 4.05. The number of aromatic carboxylic acids is 1. The Kier molecular flexibility index (Phi) is 5.14. The third-order valence-corrected chi connectivity index (χ3v) is 4.05. The summed E-state index contributed by atoms with van der Waals surface area (Å²) in [6, 6.07) is 7.19. The second-order valence-electron chi connectivity index (χ2n) is 5.96. The highest BCUT2D eigenvalue weighted by Gasteiger charge is 2.26. The molecule has 6 nitrogen and oxygen atoms in total. The largest absolute Gasteiger partial charge is 0.478 e. The van der Waals surface area contributed by atoms with Gasteiger partial charge < -0.3 is 19.2 Å². The van der Waals surface area contributed by atoms with Gasteiger partial charge in [0.25, 0.3) is 5.91 Å². The van der Waals surface area contributed by atoms with E-state index in [4.69, 9.17) is 14.3 Å². The molecule has 0 bridgehead atoms. The summed E-state index contributed by atoms with van der Waals surface area (Å²) in [7, 11) is 0. The number of rotatable bonds is 6. The fraction of sp³-hybridized carbons (Fsp3) is 0.333. The smallest absolute Gasteiger partial charge is 0.338 e. The summed E-state index contributed by atoms with van der Waals surface area (Å²) in [5.41, 5.74) is 0.544. The number of ether oxygens (including phenoxy) is 1. The lowest BCUT2D eigenvalue weighted by Gasteiger charge is -2.24. The lowest BCUT2D eigenvalue weighted by Crippen LogP contribution is -2.36. The van der Waals surface area contributed by atoms with Gasteiger partial charge in [0.05, 0.1) is 11.7 Å². The lowest BCUT2D eigenvalue weighted by atomic mass is 10.1. The van der Waals surface area contributed by atoms with Crippen LogP contribution in [-0.2, 0) is 11.3 Å². The van der Waals surface area contributed by atoms with Crippen molar-refractivity contribution in [2.75, 3.05) is 13.2 Å². The molecule has 132 valence electrons. The van der Waals surface area contributed by atoms with Gasteiger partial charge in [-0.25, -0.2) is 9.18 Å². The molecule has 1 aliphatic heterocycles. The minimum absolute atomic E-state index is 0.0631. The van der Waals surface area contributed by atoms with Crippen LogP contribution in [0.2, 0.25) is 0 Å². The molecule has 0 unspecified atom stereocenters. The SMILES string of the molecule is O=C(O)c1coc(C(=O)N(Cc2cccc(F)c2)C[C@H]2CCCO2)c1. The Morgan fingerprint density at radius 3 is 2.80 bits per heavy atom. The van der Waals surface area contributed by atoms with Gasteiger partial charge in [-0.1, -0.05) is 12.1 Å². The summed E-state index contributed by atoms with van der Waals surface area (Å²) in [6.07, 6.45) is 2.70. The molecule has 1 saturated heterocycles. The molecule has 1 aromatic heterocycles. The van der Waals surface area contributed by atoms with Crippen LogP contribution in [0.3, 0.4) is 0 Å². The Hall–Kier alpha value is -2.67. The number of halogens is 1. The maximum atomic E-state index is 13.4. The number of hydrogen-bond donors (Lipinski definition) is 1. The first-order valence-corrected chi connectivity index (χ1v) is 8.00. The second-order valence-corrected chi connectivity index (χ2v) is 5.96. The van der Waals surface area contributed by atoms with Gasteiger partial charge in [-0.15, -0.1) is 0 Å². The molecular formula is C18H18FNO5. The number of carboxylic acid groups (broad SMARTS) is 1. The average Bonchev–Trinajstić information content (AvgIpc) is 3.25. The van der Waals surface area contributed by atoms with Crippen molar-refractivity contribution in [1.82, 2.24) is 4.90 Å². The minimum atomic E-state index is -1.17. The zero-order valence-corrected chi connectivity index (χ0v) is 13.5. The lowest BCUT2D eigenvalue weighted by molar-refractivity contribution is 0.0483. The monoisotopic (exact) mass is 347 g/mol. The van der Waals surface area contributed by atoms with Gasteiger partial charge >= 0.3 is 5.97 Å². The van der Waals surface area contributed by atoms with E-state index in [1.807, 2.05) is 0 Å². The van der Waals surface area contributed by atoms with E-state index < -0.39 is 11.9 Å². The summed E-state index contributed by atoms with van der Waals surface area (Å²) in [5.74, 6) is -2.06. The van der Waals surface area contributed by atoms with Crippen LogP contribution in [-0.4, -0.2) is 41.1 Å². The van der Waals surface area contributed by atoms with Gasteiger partial charge in [0.15, 0.2) is 5.76 Å². The average molecular weight is 347 g/mol. The summed E-state index contributed by atoms with van der Waals surface area (Å²) in [6.45, 7) is 1.16. The number of hydrogen-bond acceptors (Lipinski definition) is 4. The van der Waals surface area contributed by atoms with E-state index in [0.29, 0.717) is 18.7 Å². The molecule has 7 heteroatoms. The number of benzene rings is 1. The van der Waals surface area contributed by atoms with Gasteiger partial charge in [-0.05, 0) is 30.5 Å². The van der Waals surface area contributed by atoms with E-state index in [1.165, 1.54) is 23.1 Å². The summed E-state index contributed by atoms with van der Waals surface area (Å²) < 4.78 is 24.1. The predicted octanol–water partition coefficient (Wildman–Crippen LogP) is 2.94. The Morgan fingerprint density at radius 2 is 2.16 bits per heavy atom. The van der Waals surface area contributed by atoms with Crippen molar-refractivity contribution in [2.24, 2.45) is 0 Å². The number of carbonyl (C=O) groups excluding carboxylic acids is 1. The second kappa shape index (κ2) is 7.48. The van der Waals surface area contributed by atoms with Gasteiger partial charge in [-0.3, -0.25) is 4.79 Å². The van der Waals surface area contributed by atoms with Crippen molar-refractivity contribution in [2.45, 2.75) is 25.5 Å². The van der Waals surface area contributed by atoms with E-state index >= 15 is 0 Å². The van der Waals surface area contributed by atoms with E-state index in [2.05, 4.69) is 0 Å². The van der Waals surface area contributed by atoms with Crippen LogP contribution in [0.5, 0.6) is 0 Å². The van der Waals surface area contributed by atoms with Gasteiger partial charge in [0.2, 0.25) is 0 Å². The fourth-order valence-corrected chi connectivity index (χ4v) is 2.83. The molecule has 0 saturated carbocycles. The first-order chi connectivity index (χ1) is 12.0. The zero-order valence-electron chi connectivity index (χ0n) is 13.5. The highest BCUT2D eigenvalue weighted by atomic mass is 19.1. The maximum absolute atomic E-state index is 13.4. The van der Waals surface area contributed by atoms with Crippen LogP contribution in [0.4, 0.5) is 4.39 Å². The van der Waals surface area contributed by atoms with Crippen LogP contribution < -0.4 is 0 Å². The standard InChI is InChI=1S/C18H18FNO5/c19-14-4-1-3-12(7-14)9-20(10-15-5-2-6-24-15)17(21)16-8-13(11-25-16)18(22)23/h1,3-4,7-8,11,15H,2,5-6,9-10H2,(H,22,23)/t15-/m1/s1. The van der Waals surface area contributed by atoms with Crippen molar-refractivity contribution in [3.8, 4) is 0 Å². The molecule has 1 fully saturated rings. The van der Waals surface area contributed by atoms with Crippen molar-refractivity contribution in [3.63, 3.8) is 0 Å². The number of carbonyl (C=O) groups is 2. The minimum Gasteiger partial charge on any atom is -0.478 e. The summed E-state index contributed by atoms with van der Waals surface area (Å²) in [5, 5.41) is 8.97. The highest BCUT2D eigenvalue weighted by Crippen LogP contribution is 2.19. The molecule has 1 aliphatic rings. The van der Waals surface area contributed by atoms with Crippen LogP contribution in [0, 0.1) is 5.82 Å². The Bertz CT molecular complexity index is 766. The molecule has 0 aliphatic carbocycles. The Labute approximate surface area is 143 Å². The van der Waals surface area contributed by atoms with E-state index in [9.17, 15) is 14.0 Å².